The zero-order chi connectivity index (χ0) is 12.8. The zero-order valence-electron chi connectivity index (χ0n) is 10.7. The first-order valence-electron chi connectivity index (χ1n) is 6.45. The molecular weight excluding hydrogens is 222 g/mol. The second-order valence-electron chi connectivity index (χ2n) is 4.51. The molecule has 0 saturated carbocycles. The summed E-state index contributed by atoms with van der Waals surface area (Å²) in [4.78, 5) is 4.08. The largest absolute Gasteiger partial charge is 0.388 e. The third-order valence-corrected chi connectivity index (χ3v) is 3.17. The highest BCUT2D eigenvalue weighted by Crippen LogP contribution is 2.20. The molecule has 1 N–H and O–H groups in total. The predicted molar refractivity (Wildman–Crippen MR) is 73.3 cm³/mol. The van der Waals surface area contributed by atoms with Crippen LogP contribution in [0.25, 0.3) is 0 Å². The lowest BCUT2D eigenvalue weighted by Crippen LogP contribution is -2.00. The van der Waals surface area contributed by atoms with E-state index in [1.807, 2.05) is 30.5 Å². The maximum Gasteiger partial charge on any atom is 0.0793 e. The van der Waals surface area contributed by atoms with Crippen LogP contribution in [0.5, 0.6) is 0 Å². The fourth-order valence-electron chi connectivity index (χ4n) is 2.04. The molecule has 0 aliphatic carbocycles. The van der Waals surface area contributed by atoms with Crippen molar-refractivity contribution in [2.45, 2.75) is 32.3 Å². The van der Waals surface area contributed by atoms with Gasteiger partial charge in [0.1, 0.15) is 0 Å². The van der Waals surface area contributed by atoms with Crippen LogP contribution in [0, 0.1) is 0 Å². The number of hydrogen-bond donors (Lipinski definition) is 1. The molecule has 1 unspecified atom stereocenters. The van der Waals surface area contributed by atoms with Crippen LogP contribution < -0.4 is 0 Å². The third-order valence-electron chi connectivity index (χ3n) is 3.17. The second-order valence-corrected chi connectivity index (χ2v) is 4.51. The lowest BCUT2D eigenvalue weighted by Gasteiger charge is -2.12. The topological polar surface area (TPSA) is 33.1 Å². The van der Waals surface area contributed by atoms with Crippen LogP contribution in [0.15, 0.2) is 48.8 Å². The normalized spacial score (nSPS) is 12.3. The maximum atomic E-state index is 10.2. The van der Waals surface area contributed by atoms with Crippen LogP contribution in [0.4, 0.5) is 0 Å². The number of hydrogen-bond acceptors (Lipinski definition) is 2. The molecular formula is C16H19NO. The molecule has 2 nitrogen and oxygen atoms in total. The Hall–Kier alpha value is -1.67. The van der Waals surface area contributed by atoms with Crippen LogP contribution in [-0.2, 0) is 12.8 Å². The molecule has 1 heterocycles. The molecule has 2 aromatic rings. The quantitative estimate of drug-likeness (QED) is 0.871. The fraction of sp³-hybridized carbons (Fsp3) is 0.312. The van der Waals surface area contributed by atoms with Gasteiger partial charge in [0, 0.05) is 12.4 Å². The van der Waals surface area contributed by atoms with Gasteiger partial charge in [-0.05, 0) is 42.0 Å². The van der Waals surface area contributed by atoms with Crippen molar-refractivity contribution in [2.75, 3.05) is 0 Å². The molecule has 18 heavy (non-hydrogen) atoms. The Morgan fingerprint density at radius 1 is 1.17 bits per heavy atom. The highest BCUT2D eigenvalue weighted by atomic mass is 16.3. The summed E-state index contributed by atoms with van der Waals surface area (Å²) in [5.41, 5.74) is 3.45. The smallest absolute Gasteiger partial charge is 0.0793 e. The predicted octanol–water partition coefficient (Wildman–Crippen LogP) is 3.31. The third kappa shape index (κ3) is 3.41. The molecule has 0 saturated heterocycles. The van der Waals surface area contributed by atoms with Gasteiger partial charge in [-0.2, -0.15) is 0 Å². The van der Waals surface area contributed by atoms with Gasteiger partial charge in [-0.15, -0.1) is 0 Å². The number of aromatic nitrogens is 1. The molecule has 0 aliphatic heterocycles. The van der Waals surface area contributed by atoms with E-state index in [-0.39, 0.29) is 0 Å². The molecule has 0 bridgehead atoms. The number of aliphatic hydroxyl groups is 1. The minimum Gasteiger partial charge on any atom is -0.388 e. The first kappa shape index (κ1) is 12.8. The number of pyridine rings is 1. The van der Waals surface area contributed by atoms with E-state index in [0.717, 1.165) is 24.8 Å². The van der Waals surface area contributed by atoms with Crippen molar-refractivity contribution in [1.82, 2.24) is 4.98 Å². The van der Waals surface area contributed by atoms with Gasteiger partial charge in [0.15, 0.2) is 0 Å². The van der Waals surface area contributed by atoms with E-state index < -0.39 is 6.10 Å². The molecule has 1 aromatic carbocycles. The molecule has 94 valence electrons. The summed E-state index contributed by atoms with van der Waals surface area (Å²) in [6, 6.07) is 12.2. The monoisotopic (exact) mass is 241 g/mol. The van der Waals surface area contributed by atoms with Gasteiger partial charge < -0.3 is 5.11 Å². The Kier molecular flexibility index (Phi) is 4.48. The summed E-state index contributed by atoms with van der Waals surface area (Å²) in [5.74, 6) is 0. The van der Waals surface area contributed by atoms with Gasteiger partial charge in [0.05, 0.1) is 6.10 Å². The van der Waals surface area contributed by atoms with Crippen molar-refractivity contribution >= 4 is 0 Å². The van der Waals surface area contributed by atoms with Crippen LogP contribution in [0.3, 0.4) is 0 Å². The lowest BCUT2D eigenvalue weighted by molar-refractivity contribution is 0.167. The molecule has 0 amide bonds. The molecule has 1 atom stereocenters. The number of rotatable bonds is 5. The van der Waals surface area contributed by atoms with E-state index in [4.69, 9.17) is 0 Å². The van der Waals surface area contributed by atoms with Gasteiger partial charge in [0.25, 0.3) is 0 Å². The summed E-state index contributed by atoms with van der Waals surface area (Å²) in [7, 11) is 0. The average molecular weight is 241 g/mol. The van der Waals surface area contributed by atoms with E-state index in [9.17, 15) is 5.11 Å². The van der Waals surface area contributed by atoms with E-state index in [1.54, 1.807) is 6.20 Å². The summed E-state index contributed by atoms with van der Waals surface area (Å²) in [6.07, 6.45) is 5.82. The molecule has 0 radical (unpaired) electrons. The first-order valence-corrected chi connectivity index (χ1v) is 6.45. The summed E-state index contributed by atoms with van der Waals surface area (Å²) < 4.78 is 0. The minimum absolute atomic E-state index is 0.392. The molecule has 0 fully saturated rings. The van der Waals surface area contributed by atoms with E-state index in [0.29, 0.717) is 0 Å². The van der Waals surface area contributed by atoms with Crippen LogP contribution >= 0.6 is 0 Å². The van der Waals surface area contributed by atoms with Gasteiger partial charge in [-0.3, -0.25) is 4.98 Å². The number of aryl methyl sites for hydroxylation is 2. The summed E-state index contributed by atoms with van der Waals surface area (Å²) in [6.45, 7) is 2.13. The van der Waals surface area contributed by atoms with Gasteiger partial charge >= 0.3 is 0 Å². The van der Waals surface area contributed by atoms with Crippen LogP contribution in [0.2, 0.25) is 0 Å². The van der Waals surface area contributed by atoms with E-state index >= 15 is 0 Å². The number of nitrogens with zero attached hydrogens (tertiary/aromatic N) is 1. The highest BCUT2D eigenvalue weighted by Gasteiger charge is 2.08. The van der Waals surface area contributed by atoms with E-state index in [2.05, 4.69) is 24.0 Å². The lowest BCUT2D eigenvalue weighted by atomic mass is 10.00. The highest BCUT2D eigenvalue weighted by molar-refractivity contribution is 5.25. The molecule has 1 aromatic heterocycles. The van der Waals surface area contributed by atoms with Crippen molar-refractivity contribution in [3.63, 3.8) is 0 Å². The van der Waals surface area contributed by atoms with Crippen LogP contribution in [0.1, 0.15) is 36.1 Å². The van der Waals surface area contributed by atoms with Gasteiger partial charge in [-0.25, -0.2) is 0 Å². The Bertz CT molecular complexity index is 481. The minimum atomic E-state index is -0.392. The van der Waals surface area contributed by atoms with Gasteiger partial charge in [-0.1, -0.05) is 37.3 Å². The fourth-order valence-corrected chi connectivity index (χ4v) is 2.04. The molecule has 0 spiro atoms. The van der Waals surface area contributed by atoms with Gasteiger partial charge in [0.2, 0.25) is 0 Å². The Labute approximate surface area is 108 Å². The summed E-state index contributed by atoms with van der Waals surface area (Å²) in [5, 5.41) is 10.2. The standard InChI is InChI=1S/C16H19NO/c1-2-13-5-3-7-15(11-13)16(18)9-8-14-6-4-10-17-12-14/h3-7,10-12,16,18H,2,8-9H2,1H3. The molecule has 2 heteroatoms. The Morgan fingerprint density at radius 2 is 2.00 bits per heavy atom. The second kappa shape index (κ2) is 6.31. The van der Waals surface area contributed by atoms with Crippen molar-refractivity contribution in [2.24, 2.45) is 0 Å². The molecule has 0 aliphatic rings. The van der Waals surface area contributed by atoms with Crippen LogP contribution in [-0.4, -0.2) is 10.1 Å². The Morgan fingerprint density at radius 3 is 2.72 bits per heavy atom. The summed E-state index contributed by atoms with van der Waals surface area (Å²) >= 11 is 0. The van der Waals surface area contributed by atoms with Crippen molar-refractivity contribution < 1.29 is 5.11 Å². The number of benzene rings is 1. The maximum absolute atomic E-state index is 10.2. The Balaban J connectivity index is 1.97. The number of aliphatic hydroxyl groups excluding tert-OH is 1. The first-order chi connectivity index (χ1) is 8.79. The van der Waals surface area contributed by atoms with Crippen molar-refractivity contribution in [1.29, 1.82) is 0 Å². The average Bonchev–Trinajstić information content (AvgIpc) is 2.46. The SMILES string of the molecule is CCc1cccc(C(O)CCc2cccnc2)c1. The van der Waals surface area contributed by atoms with E-state index in [1.165, 1.54) is 11.1 Å². The van der Waals surface area contributed by atoms with Crippen molar-refractivity contribution in [3.8, 4) is 0 Å². The molecule has 2 rings (SSSR count). The van der Waals surface area contributed by atoms with Crippen molar-refractivity contribution in [3.05, 3.63) is 65.5 Å². The zero-order valence-corrected chi connectivity index (χ0v) is 10.7.